The van der Waals surface area contributed by atoms with Gasteiger partial charge in [0.1, 0.15) is 6.29 Å². The van der Waals surface area contributed by atoms with Gasteiger partial charge in [-0.2, -0.15) is 0 Å². The molecular weight excluding hydrogens is 276 g/mol. The number of hydrogen-bond acceptors (Lipinski definition) is 2. The number of rotatable bonds is 14. The maximum atomic E-state index is 10.0. The van der Waals surface area contributed by atoms with E-state index in [1.165, 1.54) is 77.0 Å². The van der Waals surface area contributed by atoms with Gasteiger partial charge in [0, 0.05) is 6.92 Å². The number of carboxylic acid groups (broad SMARTS) is 1. The first-order valence-corrected chi connectivity index (χ1v) is 8.95. The second-order valence-electron chi connectivity index (χ2n) is 5.76. The zero-order valence-electron chi connectivity index (χ0n) is 14.7. The molecule has 3 heteroatoms. The molecule has 0 rings (SSSR count). The number of hydrogen-bond donors (Lipinski definition) is 1. The highest BCUT2D eigenvalue weighted by Crippen LogP contribution is 2.12. The van der Waals surface area contributed by atoms with Crippen LogP contribution in [0.25, 0.3) is 0 Å². The van der Waals surface area contributed by atoms with Gasteiger partial charge in [-0.05, 0) is 18.9 Å². The van der Waals surface area contributed by atoms with Gasteiger partial charge in [-0.25, -0.2) is 0 Å². The third-order valence-electron chi connectivity index (χ3n) is 3.44. The molecule has 0 aromatic carbocycles. The molecule has 1 N–H and O–H groups in total. The van der Waals surface area contributed by atoms with Crippen LogP contribution >= 0.6 is 0 Å². The first-order valence-electron chi connectivity index (χ1n) is 8.95. The summed E-state index contributed by atoms with van der Waals surface area (Å²) in [5, 5.41) is 7.42. The number of allylic oxidation sites excluding steroid dienone is 2. The van der Waals surface area contributed by atoms with Gasteiger partial charge in [0.2, 0.25) is 0 Å². The van der Waals surface area contributed by atoms with Crippen molar-refractivity contribution in [2.75, 3.05) is 0 Å². The summed E-state index contributed by atoms with van der Waals surface area (Å²) in [7, 11) is 0. The molecular formula is C19H36O3. The van der Waals surface area contributed by atoms with E-state index in [9.17, 15) is 4.79 Å². The van der Waals surface area contributed by atoms with Crippen molar-refractivity contribution in [3.05, 3.63) is 12.2 Å². The summed E-state index contributed by atoms with van der Waals surface area (Å²) in [4.78, 5) is 19.0. The van der Waals surface area contributed by atoms with E-state index in [1.54, 1.807) is 6.08 Å². The number of carboxylic acids is 1. The van der Waals surface area contributed by atoms with E-state index >= 15 is 0 Å². The minimum atomic E-state index is -0.833. The molecule has 130 valence electrons. The average molecular weight is 312 g/mol. The predicted octanol–water partition coefficient (Wildman–Crippen LogP) is 5.92. The Hall–Kier alpha value is -1.12. The van der Waals surface area contributed by atoms with E-state index in [1.807, 2.05) is 6.08 Å². The van der Waals surface area contributed by atoms with Gasteiger partial charge in [0.15, 0.2) is 0 Å². The Morgan fingerprint density at radius 2 is 1.18 bits per heavy atom. The third-order valence-corrected chi connectivity index (χ3v) is 3.44. The Balaban J connectivity index is 0. The lowest BCUT2D eigenvalue weighted by molar-refractivity contribution is -0.134. The largest absolute Gasteiger partial charge is 0.481 e. The summed E-state index contributed by atoms with van der Waals surface area (Å²) in [6.45, 7) is 3.36. The first-order chi connectivity index (χ1) is 10.6. The Labute approximate surface area is 137 Å². The van der Waals surface area contributed by atoms with Crippen molar-refractivity contribution < 1.29 is 14.7 Å². The number of carbonyl (C=O) groups is 2. The monoisotopic (exact) mass is 312 g/mol. The molecule has 0 radical (unpaired) electrons. The highest BCUT2D eigenvalue weighted by Gasteiger charge is 1.92. The number of aliphatic carboxylic acids is 1. The van der Waals surface area contributed by atoms with Crippen LogP contribution in [0, 0.1) is 0 Å². The molecule has 0 aliphatic carbocycles. The van der Waals surface area contributed by atoms with Crippen molar-refractivity contribution in [2.45, 2.75) is 97.3 Å². The fourth-order valence-electron chi connectivity index (χ4n) is 2.25. The summed E-state index contributed by atoms with van der Waals surface area (Å²) < 4.78 is 0. The van der Waals surface area contributed by atoms with Crippen LogP contribution < -0.4 is 0 Å². The highest BCUT2D eigenvalue weighted by molar-refractivity contribution is 5.64. The third kappa shape index (κ3) is 31.3. The van der Waals surface area contributed by atoms with Gasteiger partial charge in [-0.1, -0.05) is 83.6 Å². The Morgan fingerprint density at radius 3 is 1.55 bits per heavy atom. The SMILES string of the molecule is CC(=O)O.CCCCCCCCCCCCCC/C=C\C=O. The van der Waals surface area contributed by atoms with E-state index in [-0.39, 0.29) is 0 Å². The van der Waals surface area contributed by atoms with Crippen LogP contribution in [0.1, 0.15) is 97.3 Å². The lowest BCUT2D eigenvalue weighted by Gasteiger charge is -2.02. The molecule has 0 aliphatic rings. The van der Waals surface area contributed by atoms with E-state index in [0.29, 0.717) is 0 Å². The van der Waals surface area contributed by atoms with Crippen LogP contribution in [-0.4, -0.2) is 17.4 Å². The molecule has 0 amide bonds. The fraction of sp³-hybridized carbons (Fsp3) is 0.789. The molecule has 0 bridgehead atoms. The molecule has 0 atom stereocenters. The molecule has 0 aliphatic heterocycles. The minimum Gasteiger partial charge on any atom is -0.481 e. The van der Waals surface area contributed by atoms with Crippen molar-refractivity contribution in [1.82, 2.24) is 0 Å². The molecule has 0 aromatic heterocycles. The Kier molecular flexibility index (Phi) is 23.3. The van der Waals surface area contributed by atoms with Crippen molar-refractivity contribution in [3.8, 4) is 0 Å². The van der Waals surface area contributed by atoms with E-state index in [0.717, 1.165) is 19.6 Å². The maximum absolute atomic E-state index is 10.0. The van der Waals surface area contributed by atoms with Gasteiger partial charge >= 0.3 is 0 Å². The lowest BCUT2D eigenvalue weighted by Crippen LogP contribution is -1.82. The Bertz CT molecular complexity index is 255. The van der Waals surface area contributed by atoms with Crippen molar-refractivity contribution in [1.29, 1.82) is 0 Å². The van der Waals surface area contributed by atoms with Gasteiger partial charge in [-0.15, -0.1) is 0 Å². The molecule has 22 heavy (non-hydrogen) atoms. The zero-order valence-corrected chi connectivity index (χ0v) is 14.7. The standard InChI is InChI=1S/C17H32O.C2H4O2/c1-2-3-4-5-6-7-8-9-10-11-12-13-14-15-16-17-18;1-2(3)4/h15-17H,2-14H2,1H3;1H3,(H,3,4)/b16-15-;. The van der Waals surface area contributed by atoms with Gasteiger partial charge < -0.3 is 5.11 Å². The molecule has 3 nitrogen and oxygen atoms in total. The van der Waals surface area contributed by atoms with E-state index in [2.05, 4.69) is 6.92 Å². The number of unbranched alkanes of at least 4 members (excludes halogenated alkanes) is 12. The second kappa shape index (κ2) is 22.2. The van der Waals surface area contributed by atoms with Crippen LogP contribution in [0.15, 0.2) is 12.2 Å². The number of aldehydes is 1. The lowest BCUT2D eigenvalue weighted by atomic mass is 10.0. The number of carbonyl (C=O) groups excluding carboxylic acids is 1. The van der Waals surface area contributed by atoms with Crippen LogP contribution in [-0.2, 0) is 9.59 Å². The zero-order chi connectivity index (χ0) is 16.9. The first kappa shape index (κ1) is 23.2. The van der Waals surface area contributed by atoms with Crippen LogP contribution in [0.4, 0.5) is 0 Å². The summed E-state index contributed by atoms with van der Waals surface area (Å²) in [6, 6.07) is 0. The molecule has 0 spiro atoms. The molecule has 0 saturated heterocycles. The van der Waals surface area contributed by atoms with E-state index in [4.69, 9.17) is 9.90 Å². The second-order valence-corrected chi connectivity index (χ2v) is 5.76. The molecule has 0 saturated carbocycles. The van der Waals surface area contributed by atoms with Crippen LogP contribution in [0.5, 0.6) is 0 Å². The average Bonchev–Trinajstić information content (AvgIpc) is 2.47. The van der Waals surface area contributed by atoms with Crippen molar-refractivity contribution >= 4 is 12.3 Å². The van der Waals surface area contributed by atoms with Gasteiger partial charge in [-0.3, -0.25) is 9.59 Å². The highest BCUT2D eigenvalue weighted by atomic mass is 16.4. The minimum absolute atomic E-state index is 0.833. The maximum Gasteiger partial charge on any atom is 0.300 e. The van der Waals surface area contributed by atoms with E-state index < -0.39 is 5.97 Å². The van der Waals surface area contributed by atoms with Crippen LogP contribution in [0.3, 0.4) is 0 Å². The normalized spacial score (nSPS) is 10.3. The molecule has 0 unspecified atom stereocenters. The van der Waals surface area contributed by atoms with Crippen molar-refractivity contribution in [2.24, 2.45) is 0 Å². The smallest absolute Gasteiger partial charge is 0.300 e. The quantitative estimate of drug-likeness (QED) is 0.246. The molecule has 0 fully saturated rings. The topological polar surface area (TPSA) is 54.4 Å². The van der Waals surface area contributed by atoms with Gasteiger partial charge in [0.25, 0.3) is 5.97 Å². The molecule has 0 aromatic rings. The fourth-order valence-corrected chi connectivity index (χ4v) is 2.25. The summed E-state index contributed by atoms with van der Waals surface area (Å²) in [5.74, 6) is -0.833. The predicted molar refractivity (Wildman–Crippen MR) is 94.2 cm³/mol. The summed E-state index contributed by atoms with van der Waals surface area (Å²) in [6.07, 6.45) is 22.2. The van der Waals surface area contributed by atoms with Crippen molar-refractivity contribution in [3.63, 3.8) is 0 Å². The molecule has 0 heterocycles. The van der Waals surface area contributed by atoms with Crippen LogP contribution in [0.2, 0.25) is 0 Å². The van der Waals surface area contributed by atoms with Gasteiger partial charge in [0.05, 0.1) is 0 Å². The summed E-state index contributed by atoms with van der Waals surface area (Å²) in [5.41, 5.74) is 0. The summed E-state index contributed by atoms with van der Waals surface area (Å²) >= 11 is 0. The Morgan fingerprint density at radius 1 is 0.818 bits per heavy atom.